The van der Waals surface area contributed by atoms with Gasteiger partial charge >= 0.3 is 0 Å². The summed E-state index contributed by atoms with van der Waals surface area (Å²) in [5, 5.41) is 32.7. The van der Waals surface area contributed by atoms with E-state index >= 15 is 0 Å². The smallest absolute Gasteiger partial charge is 0.289 e. The van der Waals surface area contributed by atoms with E-state index in [0.717, 1.165) is 25.2 Å². The Labute approximate surface area is 215 Å². The lowest BCUT2D eigenvalue weighted by molar-refractivity contribution is 0.0342. The second-order valence-electron chi connectivity index (χ2n) is 9.57. The van der Waals surface area contributed by atoms with Gasteiger partial charge in [-0.05, 0) is 49.1 Å². The van der Waals surface area contributed by atoms with Crippen molar-refractivity contribution < 1.29 is 19.7 Å². The van der Waals surface area contributed by atoms with Gasteiger partial charge < -0.3 is 20.3 Å². The van der Waals surface area contributed by atoms with Crippen LogP contribution in [0, 0.1) is 0 Å². The van der Waals surface area contributed by atoms with Crippen molar-refractivity contribution in [2.24, 2.45) is 0 Å². The van der Waals surface area contributed by atoms with Gasteiger partial charge in [0, 0.05) is 31.7 Å². The Bertz CT molecular complexity index is 1250. The fourth-order valence-corrected chi connectivity index (χ4v) is 4.53. The van der Waals surface area contributed by atoms with Crippen LogP contribution in [0.3, 0.4) is 0 Å². The molecule has 2 aromatic carbocycles. The highest BCUT2D eigenvalue weighted by Gasteiger charge is 2.26. The number of carbonyl (C=O) groups is 1. The standard InChI is InChI=1S/C26H32ClN5O4/c1-15(2)18-12-19(23(34)13-22(18)33)24-29-30-25(26(35)28-16(3)4)32(24)21-6-5-17(11-20(21)27)14-31-7-9-36-10-8-31/h5-6,11-13,15-16,33-34H,7-10,14H2,1-4H3,(H,28,35). The van der Waals surface area contributed by atoms with E-state index < -0.39 is 5.91 Å². The molecule has 10 heteroatoms. The molecule has 0 unspecified atom stereocenters. The highest BCUT2D eigenvalue weighted by Crippen LogP contribution is 2.39. The molecule has 36 heavy (non-hydrogen) atoms. The van der Waals surface area contributed by atoms with Crippen LogP contribution < -0.4 is 5.32 Å². The number of phenolic OH excluding ortho intramolecular Hbond substituents is 2. The molecule has 1 fully saturated rings. The molecule has 3 N–H and O–H groups in total. The third-order valence-electron chi connectivity index (χ3n) is 6.06. The second kappa shape index (κ2) is 10.9. The van der Waals surface area contributed by atoms with E-state index in [1.165, 1.54) is 6.07 Å². The Morgan fingerprint density at radius 1 is 1.08 bits per heavy atom. The second-order valence-corrected chi connectivity index (χ2v) is 9.98. The zero-order chi connectivity index (χ0) is 26.0. The fraction of sp³-hybridized carbons (Fsp3) is 0.423. The van der Waals surface area contributed by atoms with Gasteiger partial charge in [0.25, 0.3) is 5.91 Å². The van der Waals surface area contributed by atoms with Crippen LogP contribution in [0.25, 0.3) is 17.1 Å². The molecule has 1 saturated heterocycles. The molecule has 0 spiro atoms. The van der Waals surface area contributed by atoms with Crippen molar-refractivity contribution in [3.8, 4) is 28.6 Å². The summed E-state index contributed by atoms with van der Waals surface area (Å²) >= 11 is 6.77. The number of rotatable bonds is 7. The molecular formula is C26H32ClN5O4. The highest BCUT2D eigenvalue weighted by atomic mass is 35.5. The minimum atomic E-state index is -0.417. The molecule has 1 aliphatic heterocycles. The van der Waals surface area contributed by atoms with Crippen LogP contribution >= 0.6 is 11.6 Å². The van der Waals surface area contributed by atoms with Crippen LogP contribution in [0.2, 0.25) is 5.02 Å². The summed E-state index contributed by atoms with van der Waals surface area (Å²) in [5.74, 6) is -0.333. The summed E-state index contributed by atoms with van der Waals surface area (Å²) in [4.78, 5) is 15.3. The average molecular weight is 514 g/mol. The first-order chi connectivity index (χ1) is 17.2. The summed E-state index contributed by atoms with van der Waals surface area (Å²) in [6.07, 6.45) is 0. The van der Waals surface area contributed by atoms with Gasteiger partial charge in [0.15, 0.2) is 5.82 Å². The number of amides is 1. The molecular weight excluding hydrogens is 482 g/mol. The normalized spacial score (nSPS) is 14.5. The maximum absolute atomic E-state index is 13.1. The third-order valence-corrected chi connectivity index (χ3v) is 6.36. The van der Waals surface area contributed by atoms with Gasteiger partial charge in [-0.3, -0.25) is 14.3 Å². The molecule has 1 amide bonds. The number of hydrogen-bond donors (Lipinski definition) is 3. The quantitative estimate of drug-likeness (QED) is 0.436. The predicted octanol–water partition coefficient (Wildman–Crippen LogP) is 4.09. The van der Waals surface area contributed by atoms with Gasteiger partial charge in [-0.1, -0.05) is 31.5 Å². The van der Waals surface area contributed by atoms with Gasteiger partial charge in [0.1, 0.15) is 11.5 Å². The molecule has 1 aromatic heterocycles. The first kappa shape index (κ1) is 25.9. The van der Waals surface area contributed by atoms with E-state index in [4.69, 9.17) is 16.3 Å². The molecule has 9 nitrogen and oxygen atoms in total. The number of aromatic nitrogens is 3. The number of benzene rings is 2. The topological polar surface area (TPSA) is 113 Å². The van der Waals surface area contributed by atoms with E-state index in [-0.39, 0.29) is 35.1 Å². The van der Waals surface area contributed by atoms with Crippen LogP contribution in [0.4, 0.5) is 0 Å². The number of ether oxygens (including phenoxy) is 1. The molecule has 0 bridgehead atoms. The molecule has 1 aliphatic rings. The fourth-order valence-electron chi connectivity index (χ4n) is 4.24. The van der Waals surface area contributed by atoms with Crippen LogP contribution in [0.1, 0.15) is 55.4 Å². The van der Waals surface area contributed by atoms with Gasteiger partial charge in [-0.15, -0.1) is 10.2 Å². The maximum Gasteiger partial charge on any atom is 0.289 e. The lowest BCUT2D eigenvalue weighted by Gasteiger charge is -2.26. The molecule has 3 aromatic rings. The van der Waals surface area contributed by atoms with Crippen molar-refractivity contribution in [3.05, 3.63) is 52.3 Å². The number of hydrogen-bond acceptors (Lipinski definition) is 7. The molecule has 0 radical (unpaired) electrons. The summed E-state index contributed by atoms with van der Waals surface area (Å²) in [6, 6.07) is 8.49. The van der Waals surface area contributed by atoms with Crippen LogP contribution in [-0.2, 0) is 11.3 Å². The number of halogens is 1. The summed E-state index contributed by atoms with van der Waals surface area (Å²) in [7, 11) is 0. The van der Waals surface area contributed by atoms with Gasteiger partial charge in [-0.2, -0.15) is 0 Å². The zero-order valence-electron chi connectivity index (χ0n) is 21.0. The van der Waals surface area contributed by atoms with Crippen LogP contribution in [-0.4, -0.2) is 68.1 Å². The third kappa shape index (κ3) is 5.48. The van der Waals surface area contributed by atoms with E-state index in [1.54, 1.807) is 10.6 Å². The average Bonchev–Trinajstić information content (AvgIpc) is 3.24. The van der Waals surface area contributed by atoms with E-state index in [2.05, 4.69) is 20.4 Å². The van der Waals surface area contributed by atoms with Gasteiger partial charge in [0.2, 0.25) is 5.82 Å². The SMILES string of the molecule is CC(C)NC(=O)c1nnc(-c2cc(C(C)C)c(O)cc2O)n1-c1ccc(CN2CCOCC2)cc1Cl. The zero-order valence-corrected chi connectivity index (χ0v) is 21.7. The lowest BCUT2D eigenvalue weighted by Crippen LogP contribution is -2.35. The largest absolute Gasteiger partial charge is 0.508 e. The van der Waals surface area contributed by atoms with E-state index in [0.29, 0.717) is 35.1 Å². The number of nitrogens with zero attached hydrogens (tertiary/aromatic N) is 4. The van der Waals surface area contributed by atoms with Gasteiger partial charge in [0.05, 0.1) is 29.5 Å². The summed E-state index contributed by atoms with van der Waals surface area (Å²) in [5.41, 5.74) is 2.51. The summed E-state index contributed by atoms with van der Waals surface area (Å²) < 4.78 is 6.98. The van der Waals surface area contributed by atoms with Crippen molar-refractivity contribution in [3.63, 3.8) is 0 Å². The first-order valence-corrected chi connectivity index (χ1v) is 12.4. The number of nitrogens with one attached hydrogen (secondary N) is 1. The Balaban J connectivity index is 1.82. The molecule has 192 valence electrons. The number of aromatic hydroxyl groups is 2. The summed E-state index contributed by atoms with van der Waals surface area (Å²) in [6.45, 7) is 11.4. The Hall–Kier alpha value is -3.14. The van der Waals surface area contributed by atoms with Crippen LogP contribution in [0.5, 0.6) is 11.5 Å². The Kier molecular flexibility index (Phi) is 7.82. The number of morpholine rings is 1. The molecule has 0 atom stereocenters. The number of phenols is 2. The predicted molar refractivity (Wildman–Crippen MR) is 138 cm³/mol. The molecule has 0 aliphatic carbocycles. The minimum absolute atomic E-state index is 0.00695. The van der Waals surface area contributed by atoms with Crippen molar-refractivity contribution in [2.45, 2.75) is 46.2 Å². The molecule has 2 heterocycles. The van der Waals surface area contributed by atoms with E-state index in [9.17, 15) is 15.0 Å². The van der Waals surface area contributed by atoms with Crippen molar-refractivity contribution in [1.29, 1.82) is 0 Å². The van der Waals surface area contributed by atoms with Crippen molar-refractivity contribution >= 4 is 17.5 Å². The van der Waals surface area contributed by atoms with Crippen molar-refractivity contribution in [1.82, 2.24) is 25.0 Å². The van der Waals surface area contributed by atoms with Crippen molar-refractivity contribution in [2.75, 3.05) is 26.3 Å². The first-order valence-electron chi connectivity index (χ1n) is 12.1. The molecule has 0 saturated carbocycles. The number of carbonyl (C=O) groups excluding carboxylic acids is 1. The Morgan fingerprint density at radius 3 is 2.44 bits per heavy atom. The maximum atomic E-state index is 13.1. The monoisotopic (exact) mass is 513 g/mol. The van der Waals surface area contributed by atoms with Gasteiger partial charge in [-0.25, -0.2) is 0 Å². The van der Waals surface area contributed by atoms with Crippen LogP contribution in [0.15, 0.2) is 30.3 Å². The lowest BCUT2D eigenvalue weighted by atomic mass is 9.98. The molecule has 4 rings (SSSR count). The Morgan fingerprint density at radius 2 is 1.81 bits per heavy atom. The van der Waals surface area contributed by atoms with E-state index in [1.807, 2.05) is 45.9 Å². The highest BCUT2D eigenvalue weighted by molar-refractivity contribution is 6.32. The minimum Gasteiger partial charge on any atom is -0.508 e.